The van der Waals surface area contributed by atoms with Crippen molar-refractivity contribution in [1.29, 1.82) is 0 Å². The number of amidine groups is 1. The van der Waals surface area contributed by atoms with Gasteiger partial charge in [-0.2, -0.15) is 0 Å². The largest absolute Gasteiger partial charge is 0.330 e. The molecule has 2 rings (SSSR count). The number of aliphatic imine (C=N–C) groups is 1. The molecule has 1 aliphatic heterocycles. The Morgan fingerprint density at radius 3 is 2.53 bits per heavy atom. The third kappa shape index (κ3) is 2.77. The van der Waals surface area contributed by atoms with E-state index in [1.165, 1.54) is 30.0 Å². The van der Waals surface area contributed by atoms with Crippen LogP contribution in [0.2, 0.25) is 0 Å². The number of nitrogens with zero attached hydrogens (tertiary/aromatic N) is 1. The summed E-state index contributed by atoms with van der Waals surface area (Å²) in [5.41, 5.74) is -0.122. The van der Waals surface area contributed by atoms with E-state index in [0.717, 1.165) is 5.75 Å². The summed E-state index contributed by atoms with van der Waals surface area (Å²) in [4.78, 5) is 4.40. The molecule has 1 heterocycles. The van der Waals surface area contributed by atoms with E-state index in [4.69, 9.17) is 0 Å². The molecule has 0 fully saturated rings. The van der Waals surface area contributed by atoms with Crippen LogP contribution < -0.4 is 5.32 Å². The van der Waals surface area contributed by atoms with Crippen LogP contribution in [0.5, 0.6) is 0 Å². The molecule has 0 saturated carbocycles. The highest BCUT2D eigenvalue weighted by atomic mass is 32.2. The zero-order valence-corrected chi connectivity index (χ0v) is 10.5. The molecule has 1 N–H and O–H groups in total. The summed E-state index contributed by atoms with van der Waals surface area (Å²) in [7, 11) is 0. The quantitative estimate of drug-likeness (QED) is 0.875. The summed E-state index contributed by atoms with van der Waals surface area (Å²) in [6, 6.07) is 4.02. The number of rotatable bonds is 2. The smallest absolute Gasteiger partial charge is 0.161 e. The molecule has 1 aliphatic rings. The second-order valence-electron chi connectivity index (χ2n) is 4.28. The van der Waals surface area contributed by atoms with Crippen molar-refractivity contribution in [2.24, 2.45) is 10.9 Å². The Morgan fingerprint density at radius 1 is 1.35 bits per heavy atom. The first-order chi connectivity index (χ1) is 8.08. The normalized spacial score (nSPS) is 19.6. The Balaban J connectivity index is 2.15. The van der Waals surface area contributed by atoms with Gasteiger partial charge in [0.15, 0.2) is 5.17 Å². The minimum Gasteiger partial charge on any atom is -0.330 e. The molecule has 2 nitrogen and oxygen atoms in total. The fraction of sp³-hybridized carbons (Fsp3) is 0.417. The summed E-state index contributed by atoms with van der Waals surface area (Å²) in [6.45, 7) is 4.17. The maximum atomic E-state index is 13.4. The molecule has 1 aromatic carbocycles. The minimum absolute atomic E-state index is 0.122. The molecule has 1 atom stereocenters. The second kappa shape index (κ2) is 5.04. The van der Waals surface area contributed by atoms with Crippen molar-refractivity contribution in [3.05, 3.63) is 29.8 Å². The Labute approximate surface area is 104 Å². The van der Waals surface area contributed by atoms with Crippen molar-refractivity contribution in [2.45, 2.75) is 19.9 Å². The zero-order chi connectivity index (χ0) is 12.4. The lowest BCUT2D eigenvalue weighted by molar-refractivity contribution is 0.543. The van der Waals surface area contributed by atoms with Crippen molar-refractivity contribution < 1.29 is 8.78 Å². The van der Waals surface area contributed by atoms with Gasteiger partial charge in [-0.25, -0.2) is 8.78 Å². The van der Waals surface area contributed by atoms with Gasteiger partial charge in [-0.1, -0.05) is 31.7 Å². The zero-order valence-electron chi connectivity index (χ0n) is 9.71. The van der Waals surface area contributed by atoms with Crippen LogP contribution in [-0.4, -0.2) is 17.0 Å². The van der Waals surface area contributed by atoms with Crippen molar-refractivity contribution in [3.8, 4) is 0 Å². The van der Waals surface area contributed by atoms with Crippen LogP contribution in [0.4, 0.5) is 14.5 Å². The summed E-state index contributed by atoms with van der Waals surface area (Å²) < 4.78 is 26.8. The van der Waals surface area contributed by atoms with E-state index in [2.05, 4.69) is 24.2 Å². The molecule has 0 aliphatic carbocycles. The fourth-order valence-electron chi connectivity index (χ4n) is 1.52. The van der Waals surface area contributed by atoms with Gasteiger partial charge in [0.05, 0.1) is 6.04 Å². The highest BCUT2D eigenvalue weighted by Gasteiger charge is 2.22. The van der Waals surface area contributed by atoms with Crippen molar-refractivity contribution >= 4 is 22.6 Å². The maximum absolute atomic E-state index is 13.4. The number of nitrogens with one attached hydrogen (secondary N) is 1. The third-order valence-corrected chi connectivity index (χ3v) is 3.63. The van der Waals surface area contributed by atoms with E-state index in [0.29, 0.717) is 11.1 Å². The van der Waals surface area contributed by atoms with Gasteiger partial charge in [-0.3, -0.25) is 4.99 Å². The van der Waals surface area contributed by atoms with Crippen LogP contribution in [0.25, 0.3) is 0 Å². The number of anilines is 1. The van der Waals surface area contributed by atoms with Gasteiger partial charge in [0.1, 0.15) is 17.3 Å². The number of para-hydroxylation sites is 1. The highest BCUT2D eigenvalue weighted by molar-refractivity contribution is 8.14. The van der Waals surface area contributed by atoms with Crippen LogP contribution in [0, 0.1) is 17.6 Å². The Hall–Kier alpha value is -1.10. The third-order valence-electron chi connectivity index (χ3n) is 2.64. The molecule has 5 heteroatoms. The number of benzene rings is 1. The standard InChI is InChI=1S/C12H14F2N2S/c1-7(2)10-6-17-12(15-10)16-11-8(13)4-3-5-9(11)14/h3-5,7,10H,6H2,1-2H3,(H,15,16)/t10-/m1/s1. The molecule has 0 amide bonds. The lowest BCUT2D eigenvalue weighted by atomic mass is 10.1. The first-order valence-electron chi connectivity index (χ1n) is 5.49. The van der Waals surface area contributed by atoms with Gasteiger partial charge < -0.3 is 5.32 Å². The van der Waals surface area contributed by atoms with Crippen molar-refractivity contribution in [2.75, 3.05) is 11.1 Å². The van der Waals surface area contributed by atoms with E-state index in [9.17, 15) is 8.78 Å². The van der Waals surface area contributed by atoms with E-state index >= 15 is 0 Å². The molecule has 1 aromatic rings. The number of hydrogen-bond donors (Lipinski definition) is 1. The first-order valence-corrected chi connectivity index (χ1v) is 6.48. The molecule has 0 radical (unpaired) electrons. The first kappa shape index (κ1) is 12.4. The molecular weight excluding hydrogens is 242 g/mol. The molecular formula is C12H14F2N2S. The van der Waals surface area contributed by atoms with Gasteiger partial charge in [0, 0.05) is 5.75 Å². The molecule has 17 heavy (non-hydrogen) atoms. The topological polar surface area (TPSA) is 24.4 Å². The lowest BCUT2D eigenvalue weighted by Gasteiger charge is -2.08. The summed E-state index contributed by atoms with van der Waals surface area (Å²) in [5, 5.41) is 3.32. The van der Waals surface area contributed by atoms with E-state index < -0.39 is 11.6 Å². The minimum atomic E-state index is -0.596. The molecule has 0 unspecified atom stereocenters. The van der Waals surface area contributed by atoms with Crippen LogP contribution in [-0.2, 0) is 0 Å². The lowest BCUT2D eigenvalue weighted by Crippen LogP contribution is -2.12. The van der Waals surface area contributed by atoms with Crippen LogP contribution in [0.15, 0.2) is 23.2 Å². The molecule has 0 saturated heterocycles. The predicted molar refractivity (Wildman–Crippen MR) is 68.5 cm³/mol. The van der Waals surface area contributed by atoms with Gasteiger partial charge in [0.2, 0.25) is 0 Å². The van der Waals surface area contributed by atoms with Crippen LogP contribution in [0.3, 0.4) is 0 Å². The number of thioether (sulfide) groups is 1. The SMILES string of the molecule is CC(C)[C@H]1CSC(Nc2c(F)cccc2F)=N1. The Bertz CT molecular complexity index is 426. The number of halogens is 2. The Kier molecular flexibility index (Phi) is 3.66. The highest BCUT2D eigenvalue weighted by Crippen LogP contribution is 2.26. The average molecular weight is 256 g/mol. The predicted octanol–water partition coefficient (Wildman–Crippen LogP) is 3.50. The van der Waals surface area contributed by atoms with Crippen LogP contribution >= 0.6 is 11.8 Å². The molecule has 0 aromatic heterocycles. The summed E-state index contributed by atoms with van der Waals surface area (Å²) in [6.07, 6.45) is 0. The van der Waals surface area contributed by atoms with Gasteiger partial charge in [0.25, 0.3) is 0 Å². The molecule has 0 bridgehead atoms. The molecule has 0 spiro atoms. The van der Waals surface area contributed by atoms with E-state index in [-0.39, 0.29) is 11.7 Å². The maximum Gasteiger partial charge on any atom is 0.161 e. The van der Waals surface area contributed by atoms with E-state index in [1.807, 2.05) is 0 Å². The van der Waals surface area contributed by atoms with Crippen LogP contribution in [0.1, 0.15) is 13.8 Å². The van der Waals surface area contributed by atoms with E-state index in [1.54, 1.807) is 0 Å². The molecule has 92 valence electrons. The van der Waals surface area contributed by atoms with Gasteiger partial charge in [-0.15, -0.1) is 0 Å². The summed E-state index contributed by atoms with van der Waals surface area (Å²) in [5.74, 6) is 0.102. The fourth-order valence-corrected chi connectivity index (χ4v) is 2.70. The van der Waals surface area contributed by atoms with Crippen molar-refractivity contribution in [1.82, 2.24) is 0 Å². The second-order valence-corrected chi connectivity index (χ2v) is 5.29. The average Bonchev–Trinajstić information content (AvgIpc) is 2.72. The van der Waals surface area contributed by atoms with Crippen molar-refractivity contribution in [3.63, 3.8) is 0 Å². The number of hydrogen-bond acceptors (Lipinski definition) is 3. The van der Waals surface area contributed by atoms with Gasteiger partial charge in [-0.05, 0) is 18.1 Å². The monoisotopic (exact) mass is 256 g/mol. The van der Waals surface area contributed by atoms with Gasteiger partial charge >= 0.3 is 0 Å². The summed E-state index contributed by atoms with van der Waals surface area (Å²) >= 11 is 1.50. The Morgan fingerprint density at radius 2 is 2.00 bits per heavy atom.